The van der Waals surface area contributed by atoms with Crippen molar-refractivity contribution in [2.75, 3.05) is 0 Å². The molecule has 2 aromatic rings. The molecule has 118 valence electrons. The van der Waals surface area contributed by atoms with Crippen LogP contribution in [0.2, 0.25) is 0 Å². The van der Waals surface area contributed by atoms with Crippen LogP contribution in [0.3, 0.4) is 0 Å². The van der Waals surface area contributed by atoms with Crippen molar-refractivity contribution in [1.29, 1.82) is 0 Å². The molecule has 0 saturated heterocycles. The van der Waals surface area contributed by atoms with Crippen LogP contribution in [-0.4, -0.2) is 24.8 Å². The predicted molar refractivity (Wildman–Crippen MR) is 86.8 cm³/mol. The summed E-state index contributed by atoms with van der Waals surface area (Å²) in [7, 11) is 0. The maximum absolute atomic E-state index is 4.64. The molecule has 2 aromatic heterocycles. The Morgan fingerprint density at radius 1 is 1.27 bits per heavy atom. The molecule has 1 atom stereocenters. The normalized spacial score (nSPS) is 18.0. The molecule has 2 heterocycles. The topological polar surface area (TPSA) is 48.5 Å². The maximum atomic E-state index is 4.64. The van der Waals surface area contributed by atoms with Crippen LogP contribution in [0.15, 0.2) is 18.3 Å². The molecule has 0 saturated carbocycles. The molecule has 0 aromatic carbocycles. The molecule has 5 heteroatoms. The summed E-state index contributed by atoms with van der Waals surface area (Å²) < 4.78 is 4.06. The first-order valence-electron chi connectivity index (χ1n) is 8.27. The third kappa shape index (κ3) is 2.98. The summed E-state index contributed by atoms with van der Waals surface area (Å²) in [5.41, 5.74) is 4.75. The summed E-state index contributed by atoms with van der Waals surface area (Å²) >= 11 is 0. The van der Waals surface area contributed by atoms with Crippen molar-refractivity contribution < 1.29 is 0 Å². The highest BCUT2D eigenvalue weighted by atomic mass is 15.4. The van der Waals surface area contributed by atoms with E-state index in [1.807, 2.05) is 4.68 Å². The predicted octanol–water partition coefficient (Wildman–Crippen LogP) is 3.37. The van der Waals surface area contributed by atoms with Crippen LogP contribution in [0, 0.1) is 13.8 Å². The lowest BCUT2D eigenvalue weighted by Crippen LogP contribution is -2.05. The van der Waals surface area contributed by atoms with Crippen molar-refractivity contribution in [3.8, 4) is 0 Å². The van der Waals surface area contributed by atoms with Gasteiger partial charge in [-0.25, -0.2) is 4.68 Å². The highest BCUT2D eigenvalue weighted by Gasteiger charge is 2.17. The second kappa shape index (κ2) is 6.46. The van der Waals surface area contributed by atoms with Crippen LogP contribution in [-0.2, 0) is 13.1 Å². The molecule has 0 aliphatic heterocycles. The first-order chi connectivity index (χ1) is 10.7. The second-order valence-electron chi connectivity index (χ2n) is 6.19. The molecule has 1 aliphatic rings. The zero-order valence-corrected chi connectivity index (χ0v) is 13.8. The number of nitrogens with zero attached hydrogens (tertiary/aromatic N) is 5. The van der Waals surface area contributed by atoms with Crippen molar-refractivity contribution in [3.05, 3.63) is 41.0 Å². The molecule has 0 spiro atoms. The highest BCUT2D eigenvalue weighted by Crippen LogP contribution is 2.27. The summed E-state index contributed by atoms with van der Waals surface area (Å²) in [6.07, 6.45) is 11.2. The second-order valence-corrected chi connectivity index (χ2v) is 6.19. The Morgan fingerprint density at radius 2 is 2.14 bits per heavy atom. The molecule has 0 fully saturated rings. The minimum Gasteiger partial charge on any atom is -0.269 e. The summed E-state index contributed by atoms with van der Waals surface area (Å²) in [4.78, 5) is 0. The van der Waals surface area contributed by atoms with Crippen LogP contribution in [0.4, 0.5) is 0 Å². The molecule has 0 unspecified atom stereocenters. The maximum Gasteiger partial charge on any atom is 0.0861 e. The van der Waals surface area contributed by atoms with Crippen molar-refractivity contribution in [3.63, 3.8) is 0 Å². The fourth-order valence-electron chi connectivity index (χ4n) is 3.19. The fourth-order valence-corrected chi connectivity index (χ4v) is 3.19. The zero-order valence-electron chi connectivity index (χ0n) is 13.8. The van der Waals surface area contributed by atoms with E-state index < -0.39 is 0 Å². The smallest absolute Gasteiger partial charge is 0.0861 e. The van der Waals surface area contributed by atoms with E-state index in [4.69, 9.17) is 0 Å². The number of allylic oxidation sites excluding steroid dienone is 2. The summed E-state index contributed by atoms with van der Waals surface area (Å²) in [6.45, 7) is 8.14. The van der Waals surface area contributed by atoms with Crippen LogP contribution in [0.5, 0.6) is 0 Å². The average Bonchev–Trinajstić information content (AvgIpc) is 3.10. The number of hydrogen-bond donors (Lipinski definition) is 0. The number of aryl methyl sites for hydroxylation is 2. The molecule has 1 aliphatic carbocycles. The molecular weight excluding hydrogens is 274 g/mol. The van der Waals surface area contributed by atoms with Crippen molar-refractivity contribution >= 4 is 0 Å². The first kappa shape index (κ1) is 15.0. The number of aromatic nitrogens is 5. The van der Waals surface area contributed by atoms with Gasteiger partial charge in [-0.15, -0.1) is 5.10 Å². The minimum atomic E-state index is 0.531. The van der Waals surface area contributed by atoms with Gasteiger partial charge in [0.05, 0.1) is 17.9 Å². The fraction of sp³-hybridized carbons (Fsp3) is 0.588. The Hall–Kier alpha value is -1.91. The van der Waals surface area contributed by atoms with Gasteiger partial charge in [0.15, 0.2) is 0 Å². The van der Waals surface area contributed by atoms with Crippen molar-refractivity contribution in [2.45, 2.75) is 65.5 Å². The summed E-state index contributed by atoms with van der Waals surface area (Å²) in [5.74, 6) is 0.531. The van der Waals surface area contributed by atoms with E-state index in [1.165, 1.54) is 17.7 Å². The van der Waals surface area contributed by atoms with Crippen LogP contribution >= 0.6 is 0 Å². The lowest BCUT2D eigenvalue weighted by atomic mass is 9.92. The van der Waals surface area contributed by atoms with E-state index >= 15 is 0 Å². The van der Waals surface area contributed by atoms with Gasteiger partial charge in [0.25, 0.3) is 0 Å². The van der Waals surface area contributed by atoms with Crippen LogP contribution < -0.4 is 0 Å². The molecule has 0 N–H and O–H groups in total. The largest absolute Gasteiger partial charge is 0.269 e. The summed E-state index contributed by atoms with van der Waals surface area (Å²) in [6, 6.07) is 0. The number of rotatable bonds is 5. The number of hydrogen-bond acceptors (Lipinski definition) is 3. The molecule has 22 heavy (non-hydrogen) atoms. The SMILES string of the molecule is CCCn1nc(C)c(Cn2cc([C@@H]3CC=CCC3)nn2)c1C. The Labute approximate surface area is 132 Å². The van der Waals surface area contributed by atoms with Crippen molar-refractivity contribution in [1.82, 2.24) is 24.8 Å². The zero-order chi connectivity index (χ0) is 15.5. The third-order valence-electron chi connectivity index (χ3n) is 4.53. The minimum absolute atomic E-state index is 0.531. The van der Waals surface area contributed by atoms with E-state index in [0.717, 1.165) is 43.7 Å². The third-order valence-corrected chi connectivity index (χ3v) is 4.53. The Bertz CT molecular complexity index is 665. The first-order valence-corrected chi connectivity index (χ1v) is 8.27. The van der Waals surface area contributed by atoms with E-state index in [0.29, 0.717) is 5.92 Å². The van der Waals surface area contributed by atoms with Gasteiger partial charge in [0, 0.05) is 29.9 Å². The lowest BCUT2D eigenvalue weighted by molar-refractivity contribution is 0.580. The van der Waals surface area contributed by atoms with Gasteiger partial charge in [-0.05, 0) is 39.5 Å². The van der Waals surface area contributed by atoms with Gasteiger partial charge in [0.2, 0.25) is 0 Å². The van der Waals surface area contributed by atoms with Gasteiger partial charge >= 0.3 is 0 Å². The lowest BCUT2D eigenvalue weighted by Gasteiger charge is -2.13. The Morgan fingerprint density at radius 3 is 2.86 bits per heavy atom. The summed E-state index contributed by atoms with van der Waals surface area (Å²) in [5, 5.41) is 13.4. The van der Waals surface area contributed by atoms with Gasteiger partial charge in [-0.2, -0.15) is 5.10 Å². The molecule has 0 bridgehead atoms. The van der Waals surface area contributed by atoms with Gasteiger partial charge in [0.1, 0.15) is 0 Å². The highest BCUT2D eigenvalue weighted by molar-refractivity contribution is 5.25. The van der Waals surface area contributed by atoms with Crippen LogP contribution in [0.1, 0.15) is 61.2 Å². The average molecular weight is 299 g/mol. The standard InChI is InChI=1S/C17H25N5/c1-4-10-22-14(3)16(13(2)19-22)11-21-12-17(18-20-21)15-8-6-5-7-9-15/h5-6,12,15H,4,7-11H2,1-3H3/t15-/m1/s1. The van der Waals surface area contributed by atoms with E-state index in [-0.39, 0.29) is 0 Å². The quantitative estimate of drug-likeness (QED) is 0.795. The van der Waals surface area contributed by atoms with E-state index in [9.17, 15) is 0 Å². The van der Waals surface area contributed by atoms with E-state index in [2.05, 4.69) is 59.2 Å². The molecule has 0 amide bonds. The monoisotopic (exact) mass is 299 g/mol. The molecule has 5 nitrogen and oxygen atoms in total. The van der Waals surface area contributed by atoms with Gasteiger partial charge in [-0.1, -0.05) is 24.3 Å². The molecule has 0 radical (unpaired) electrons. The van der Waals surface area contributed by atoms with Gasteiger partial charge < -0.3 is 0 Å². The van der Waals surface area contributed by atoms with Crippen molar-refractivity contribution in [2.24, 2.45) is 0 Å². The van der Waals surface area contributed by atoms with E-state index in [1.54, 1.807) is 0 Å². The Balaban J connectivity index is 1.76. The molecular formula is C17H25N5. The van der Waals surface area contributed by atoms with Crippen LogP contribution in [0.25, 0.3) is 0 Å². The van der Waals surface area contributed by atoms with Gasteiger partial charge in [-0.3, -0.25) is 4.68 Å². The molecule has 3 rings (SSSR count). The Kier molecular flexibility index (Phi) is 4.41.